The molecule has 3 heterocycles. The topological polar surface area (TPSA) is 24.9 Å². The first-order chi connectivity index (χ1) is 10.4. The summed E-state index contributed by atoms with van der Waals surface area (Å²) in [5.41, 5.74) is 3.57. The Hall–Kier alpha value is -1.67. The van der Waals surface area contributed by atoms with Gasteiger partial charge in [-0.2, -0.15) is 0 Å². The third-order valence-corrected chi connectivity index (χ3v) is 4.94. The zero-order valence-electron chi connectivity index (χ0n) is 12.3. The van der Waals surface area contributed by atoms with Crippen molar-refractivity contribution in [3.8, 4) is 11.3 Å². The minimum absolute atomic E-state index is 0.769. The number of piperidine rings is 1. The molecule has 0 saturated carbocycles. The van der Waals surface area contributed by atoms with Crippen LogP contribution in [0.2, 0.25) is 0 Å². The molecule has 0 amide bonds. The molecule has 0 spiro atoms. The van der Waals surface area contributed by atoms with E-state index in [1.54, 1.807) is 0 Å². The van der Waals surface area contributed by atoms with Crippen LogP contribution < -0.4 is 5.32 Å². The quantitative estimate of drug-likeness (QED) is 0.923. The first-order valence-corrected chi connectivity index (χ1v) is 8.14. The number of aromatic nitrogens is 1. The van der Waals surface area contributed by atoms with Crippen molar-refractivity contribution >= 4 is 0 Å². The van der Waals surface area contributed by atoms with Crippen LogP contribution in [0.15, 0.2) is 48.5 Å². The van der Waals surface area contributed by atoms with E-state index in [4.69, 9.17) is 4.98 Å². The molecule has 2 bridgehead atoms. The molecule has 1 aromatic carbocycles. The van der Waals surface area contributed by atoms with Crippen molar-refractivity contribution < 1.29 is 0 Å². The zero-order valence-corrected chi connectivity index (χ0v) is 12.3. The maximum atomic E-state index is 4.89. The summed E-state index contributed by atoms with van der Waals surface area (Å²) < 4.78 is 0. The molecule has 1 N–H and O–H groups in total. The Balaban J connectivity index is 1.51. The highest BCUT2D eigenvalue weighted by Crippen LogP contribution is 2.32. The number of hydrogen-bond acceptors (Lipinski definition) is 2. The smallest absolute Gasteiger partial charge is 0.0705 e. The molecule has 2 aliphatic heterocycles. The minimum atomic E-state index is 0.769. The van der Waals surface area contributed by atoms with E-state index in [1.807, 2.05) is 0 Å². The fraction of sp³-hybridized carbons (Fsp3) is 0.421. The van der Waals surface area contributed by atoms with Gasteiger partial charge < -0.3 is 5.32 Å². The molecule has 2 saturated heterocycles. The van der Waals surface area contributed by atoms with Gasteiger partial charge in [0.15, 0.2) is 0 Å². The Labute approximate surface area is 126 Å². The summed E-state index contributed by atoms with van der Waals surface area (Å²) in [7, 11) is 0. The third kappa shape index (κ3) is 2.86. The van der Waals surface area contributed by atoms with Crippen LogP contribution >= 0.6 is 0 Å². The molecule has 0 aliphatic carbocycles. The normalized spacial score (nSPS) is 27.7. The Morgan fingerprint density at radius 3 is 2.43 bits per heavy atom. The van der Waals surface area contributed by atoms with E-state index in [-0.39, 0.29) is 0 Å². The van der Waals surface area contributed by atoms with Gasteiger partial charge in [0.2, 0.25) is 0 Å². The third-order valence-electron chi connectivity index (χ3n) is 4.94. The molecule has 3 atom stereocenters. The largest absolute Gasteiger partial charge is 0.311 e. The number of nitrogens with one attached hydrogen (secondary N) is 1. The molecule has 2 aliphatic rings. The number of pyridine rings is 1. The number of rotatable bonds is 3. The molecule has 108 valence electrons. The van der Waals surface area contributed by atoms with Crippen molar-refractivity contribution in [3.05, 3.63) is 54.2 Å². The fourth-order valence-electron chi connectivity index (χ4n) is 4.00. The van der Waals surface area contributed by atoms with Crippen molar-refractivity contribution in [2.24, 2.45) is 5.92 Å². The maximum absolute atomic E-state index is 4.89. The number of fused-ring (bicyclic) bond motifs is 2. The van der Waals surface area contributed by atoms with Gasteiger partial charge in [0.25, 0.3) is 0 Å². The van der Waals surface area contributed by atoms with E-state index in [0.717, 1.165) is 30.1 Å². The summed E-state index contributed by atoms with van der Waals surface area (Å²) in [5.74, 6) is 0.808. The second kappa shape index (κ2) is 5.61. The maximum Gasteiger partial charge on any atom is 0.0705 e. The van der Waals surface area contributed by atoms with Crippen LogP contribution in [-0.2, 0) is 6.42 Å². The molecule has 2 nitrogen and oxygen atoms in total. The zero-order chi connectivity index (χ0) is 14.1. The Morgan fingerprint density at radius 2 is 1.67 bits per heavy atom. The van der Waals surface area contributed by atoms with Crippen LogP contribution in [-0.4, -0.2) is 17.1 Å². The van der Waals surface area contributed by atoms with E-state index < -0.39 is 0 Å². The number of hydrogen-bond donors (Lipinski definition) is 1. The monoisotopic (exact) mass is 278 g/mol. The van der Waals surface area contributed by atoms with Crippen molar-refractivity contribution in [2.75, 3.05) is 0 Å². The fourth-order valence-corrected chi connectivity index (χ4v) is 4.00. The van der Waals surface area contributed by atoms with Crippen LogP contribution in [0.3, 0.4) is 0 Å². The summed E-state index contributed by atoms with van der Waals surface area (Å²) in [6.45, 7) is 0. The highest BCUT2D eigenvalue weighted by molar-refractivity contribution is 5.58. The Morgan fingerprint density at radius 1 is 0.905 bits per heavy atom. The van der Waals surface area contributed by atoms with Gasteiger partial charge in [0.05, 0.1) is 5.69 Å². The van der Waals surface area contributed by atoms with Gasteiger partial charge in [0, 0.05) is 23.3 Å². The minimum Gasteiger partial charge on any atom is -0.311 e. The van der Waals surface area contributed by atoms with Crippen LogP contribution in [0.4, 0.5) is 0 Å². The second-order valence-corrected chi connectivity index (χ2v) is 6.56. The molecule has 1 unspecified atom stereocenters. The lowest BCUT2D eigenvalue weighted by atomic mass is 9.88. The summed E-state index contributed by atoms with van der Waals surface area (Å²) >= 11 is 0. The van der Waals surface area contributed by atoms with E-state index in [0.29, 0.717) is 0 Å². The van der Waals surface area contributed by atoms with Crippen LogP contribution in [0, 0.1) is 5.92 Å². The second-order valence-electron chi connectivity index (χ2n) is 6.56. The van der Waals surface area contributed by atoms with E-state index in [2.05, 4.69) is 53.8 Å². The van der Waals surface area contributed by atoms with E-state index in [1.165, 1.54) is 36.9 Å². The average molecular weight is 278 g/mol. The molecule has 2 aromatic rings. The number of benzene rings is 1. The molecule has 2 fully saturated rings. The summed E-state index contributed by atoms with van der Waals surface area (Å²) in [5, 5.41) is 3.72. The van der Waals surface area contributed by atoms with Gasteiger partial charge in [-0.1, -0.05) is 36.4 Å². The molecular weight excluding hydrogens is 256 g/mol. The first-order valence-electron chi connectivity index (χ1n) is 8.14. The van der Waals surface area contributed by atoms with Crippen molar-refractivity contribution in [2.45, 2.75) is 44.2 Å². The van der Waals surface area contributed by atoms with Crippen LogP contribution in [0.25, 0.3) is 11.3 Å². The van der Waals surface area contributed by atoms with Gasteiger partial charge >= 0.3 is 0 Å². The SMILES string of the molecule is c1ccc(-c2cccc(CC3C[C@H]4CC[C@@H](C3)N4)n2)cc1. The predicted octanol–water partition coefficient (Wildman–Crippen LogP) is 3.82. The predicted molar refractivity (Wildman–Crippen MR) is 86.0 cm³/mol. The summed E-state index contributed by atoms with van der Waals surface area (Å²) in [6.07, 6.45) is 6.54. The standard InChI is InChI=1S/C19H22N2/c1-2-5-15(6-3-1)19-8-4-7-16(21-19)11-14-12-17-9-10-18(13-14)20-17/h1-8,14,17-18,20H,9-13H2/t14?,17-,18+. The van der Waals surface area contributed by atoms with E-state index >= 15 is 0 Å². The summed E-state index contributed by atoms with van der Waals surface area (Å²) in [6, 6.07) is 18.5. The molecule has 0 radical (unpaired) electrons. The summed E-state index contributed by atoms with van der Waals surface area (Å²) in [4.78, 5) is 4.89. The molecule has 21 heavy (non-hydrogen) atoms. The lowest BCUT2D eigenvalue weighted by Crippen LogP contribution is -2.38. The highest BCUT2D eigenvalue weighted by atomic mass is 15.0. The van der Waals surface area contributed by atoms with Crippen molar-refractivity contribution in [3.63, 3.8) is 0 Å². The van der Waals surface area contributed by atoms with Gasteiger partial charge in [-0.25, -0.2) is 0 Å². The van der Waals surface area contributed by atoms with E-state index in [9.17, 15) is 0 Å². The molecule has 1 aromatic heterocycles. The van der Waals surface area contributed by atoms with Crippen molar-refractivity contribution in [1.82, 2.24) is 10.3 Å². The highest BCUT2D eigenvalue weighted by Gasteiger charge is 2.33. The number of nitrogens with zero attached hydrogens (tertiary/aromatic N) is 1. The average Bonchev–Trinajstić information content (AvgIpc) is 2.87. The van der Waals surface area contributed by atoms with Gasteiger partial charge in [-0.15, -0.1) is 0 Å². The van der Waals surface area contributed by atoms with Gasteiger partial charge in [-0.05, 0) is 50.2 Å². The van der Waals surface area contributed by atoms with Crippen LogP contribution in [0.5, 0.6) is 0 Å². The molecule has 4 rings (SSSR count). The molecule has 2 heteroatoms. The lowest BCUT2D eigenvalue weighted by Gasteiger charge is -2.28. The van der Waals surface area contributed by atoms with Crippen molar-refractivity contribution in [1.29, 1.82) is 0 Å². The first kappa shape index (κ1) is 13.0. The Bertz CT molecular complexity index is 596. The molecular formula is C19H22N2. The Kier molecular flexibility index (Phi) is 3.48. The lowest BCUT2D eigenvalue weighted by molar-refractivity contribution is 0.297. The van der Waals surface area contributed by atoms with Crippen LogP contribution in [0.1, 0.15) is 31.4 Å². The van der Waals surface area contributed by atoms with Gasteiger partial charge in [-0.3, -0.25) is 4.98 Å². The van der Waals surface area contributed by atoms with Gasteiger partial charge in [0.1, 0.15) is 0 Å².